The molecule has 1 heterocycles. The maximum Gasteiger partial charge on any atom is 0.128 e. The largest absolute Gasteiger partial charge is 0.404 e. The summed E-state index contributed by atoms with van der Waals surface area (Å²) in [4.78, 5) is 8.33. The van der Waals surface area contributed by atoms with Gasteiger partial charge < -0.3 is 15.4 Å². The fraction of sp³-hybridized carbons (Fsp3) is 0.400. The van der Waals surface area contributed by atoms with Gasteiger partial charge in [-0.1, -0.05) is 0 Å². The second-order valence-corrected chi connectivity index (χ2v) is 5.09. The lowest BCUT2D eigenvalue weighted by molar-refractivity contribution is 0.216. The maximum atomic E-state index is 10.2. The number of nitrogens with zero attached hydrogens (tertiary/aromatic N) is 3. The molecule has 17 heavy (non-hydrogen) atoms. The first-order valence-electron chi connectivity index (χ1n) is 4.99. The minimum Gasteiger partial charge on any atom is -0.404 e. The third-order valence-electron chi connectivity index (χ3n) is 2.16. The van der Waals surface area contributed by atoms with E-state index in [9.17, 15) is 5.11 Å². The summed E-state index contributed by atoms with van der Waals surface area (Å²) in [6.07, 6.45) is 2.12. The van der Waals surface area contributed by atoms with Crippen molar-refractivity contribution in [3.05, 3.63) is 27.5 Å². The van der Waals surface area contributed by atoms with Crippen molar-refractivity contribution in [3.63, 3.8) is 0 Å². The van der Waals surface area contributed by atoms with Gasteiger partial charge in [0.15, 0.2) is 0 Å². The molecule has 5 nitrogen and oxygen atoms in total. The van der Waals surface area contributed by atoms with Crippen LogP contribution in [0, 0.1) is 3.70 Å². The van der Waals surface area contributed by atoms with Gasteiger partial charge in [0.25, 0.3) is 0 Å². The second kappa shape index (κ2) is 6.50. The summed E-state index contributed by atoms with van der Waals surface area (Å²) in [5.74, 6) is 0. The van der Waals surface area contributed by atoms with Crippen LogP contribution in [-0.4, -0.2) is 25.8 Å². The van der Waals surface area contributed by atoms with E-state index in [4.69, 9.17) is 5.73 Å². The van der Waals surface area contributed by atoms with Crippen molar-refractivity contribution in [1.29, 1.82) is 0 Å². The summed E-state index contributed by atoms with van der Waals surface area (Å²) in [5, 5.41) is 10.2. The lowest BCUT2D eigenvalue weighted by Gasteiger charge is -2.12. The van der Waals surface area contributed by atoms with Gasteiger partial charge in [-0.05, 0) is 45.4 Å². The summed E-state index contributed by atoms with van der Waals surface area (Å²) in [7, 11) is 1.87. The standard InChI is InChI=1S/C10H14BrIN4O/c1-3-14-9(11)6(4-13)8(17)7-10(12)16(2)5-15-7/h4-5,8,17H,3,13H2,1-2H3. The van der Waals surface area contributed by atoms with Gasteiger partial charge >= 0.3 is 0 Å². The molecule has 0 aliphatic rings. The van der Waals surface area contributed by atoms with Gasteiger partial charge in [0.2, 0.25) is 0 Å². The number of aliphatic hydroxyl groups excluding tert-OH is 1. The molecule has 1 rings (SSSR count). The highest BCUT2D eigenvalue weighted by molar-refractivity contribution is 14.1. The molecule has 3 N–H and O–H groups in total. The van der Waals surface area contributed by atoms with Crippen molar-refractivity contribution in [2.75, 3.05) is 6.54 Å². The number of rotatable bonds is 4. The Kier molecular flexibility index (Phi) is 5.60. The number of nitrogens with two attached hydrogens (primary N) is 1. The van der Waals surface area contributed by atoms with E-state index in [0.29, 0.717) is 22.4 Å². The second-order valence-electron chi connectivity index (χ2n) is 3.32. The van der Waals surface area contributed by atoms with Crippen LogP contribution in [0.2, 0.25) is 0 Å². The van der Waals surface area contributed by atoms with E-state index >= 15 is 0 Å². The Labute approximate surface area is 122 Å². The van der Waals surface area contributed by atoms with Crippen molar-refractivity contribution in [1.82, 2.24) is 9.55 Å². The summed E-state index contributed by atoms with van der Waals surface area (Å²) >= 11 is 5.43. The van der Waals surface area contributed by atoms with Crippen LogP contribution in [0.15, 0.2) is 23.1 Å². The Hall–Kier alpha value is -0.410. The van der Waals surface area contributed by atoms with Crippen LogP contribution >= 0.6 is 38.5 Å². The van der Waals surface area contributed by atoms with E-state index < -0.39 is 6.10 Å². The molecule has 1 aromatic rings. The van der Waals surface area contributed by atoms with Crippen LogP contribution < -0.4 is 5.73 Å². The van der Waals surface area contributed by atoms with Crippen molar-refractivity contribution in [2.45, 2.75) is 13.0 Å². The first kappa shape index (κ1) is 14.7. The highest BCUT2D eigenvalue weighted by atomic mass is 127. The van der Waals surface area contributed by atoms with Crippen LogP contribution in [0.5, 0.6) is 0 Å². The first-order chi connectivity index (χ1) is 8.02. The zero-order valence-corrected chi connectivity index (χ0v) is 13.3. The van der Waals surface area contributed by atoms with E-state index in [0.717, 1.165) is 3.70 Å². The van der Waals surface area contributed by atoms with E-state index in [1.165, 1.54) is 6.20 Å². The van der Waals surface area contributed by atoms with Gasteiger partial charge in [-0.25, -0.2) is 4.98 Å². The van der Waals surface area contributed by atoms with Gasteiger partial charge in [-0.2, -0.15) is 0 Å². The highest BCUT2D eigenvalue weighted by Crippen LogP contribution is 2.26. The molecule has 0 aliphatic heterocycles. The topological polar surface area (TPSA) is 76.4 Å². The number of aromatic nitrogens is 2. The minimum absolute atomic E-state index is 0.517. The highest BCUT2D eigenvalue weighted by Gasteiger charge is 2.22. The monoisotopic (exact) mass is 412 g/mol. The van der Waals surface area contributed by atoms with E-state index in [1.807, 2.05) is 18.5 Å². The summed E-state index contributed by atoms with van der Waals surface area (Å²) < 4.78 is 3.25. The molecule has 1 unspecified atom stereocenters. The number of aliphatic imine (C=N–C) groups is 1. The van der Waals surface area contributed by atoms with E-state index in [2.05, 4.69) is 48.5 Å². The number of hydrogen-bond donors (Lipinski definition) is 2. The molecular weight excluding hydrogens is 399 g/mol. The smallest absolute Gasteiger partial charge is 0.128 e. The predicted molar refractivity (Wildman–Crippen MR) is 80.1 cm³/mol. The van der Waals surface area contributed by atoms with Gasteiger partial charge in [0.05, 0.1) is 6.33 Å². The normalized spacial score (nSPS) is 15.1. The van der Waals surface area contributed by atoms with Crippen molar-refractivity contribution >= 4 is 43.1 Å². The Balaban J connectivity index is 3.07. The van der Waals surface area contributed by atoms with Crippen LogP contribution in [0.3, 0.4) is 0 Å². The molecule has 0 saturated carbocycles. The molecule has 1 atom stereocenters. The quantitative estimate of drug-likeness (QED) is 0.583. The van der Waals surface area contributed by atoms with Crippen molar-refractivity contribution < 1.29 is 5.11 Å². The molecule has 0 radical (unpaired) electrons. The maximum absolute atomic E-state index is 10.2. The van der Waals surface area contributed by atoms with Gasteiger partial charge in [-0.3, -0.25) is 4.99 Å². The van der Waals surface area contributed by atoms with Crippen molar-refractivity contribution in [3.8, 4) is 0 Å². The molecular formula is C10H14BrIN4O. The minimum atomic E-state index is -0.877. The molecule has 0 saturated heterocycles. The Bertz CT molecular complexity index is 455. The molecule has 0 spiro atoms. The zero-order chi connectivity index (χ0) is 13.0. The zero-order valence-electron chi connectivity index (χ0n) is 9.56. The molecule has 0 aliphatic carbocycles. The summed E-state index contributed by atoms with van der Waals surface area (Å²) in [5.41, 5.74) is 6.62. The molecule has 1 aromatic heterocycles. The molecule has 7 heteroatoms. The lowest BCUT2D eigenvalue weighted by atomic mass is 10.1. The third kappa shape index (κ3) is 3.29. The van der Waals surface area contributed by atoms with E-state index in [1.54, 1.807) is 6.33 Å². The average molecular weight is 413 g/mol. The Morgan fingerprint density at radius 3 is 2.88 bits per heavy atom. The number of halogens is 2. The number of imidazole rings is 1. The fourth-order valence-corrected chi connectivity index (χ4v) is 2.43. The SMILES string of the molecule is CCN=C(Br)C(=CN)C(O)c1ncn(C)c1I. The van der Waals surface area contributed by atoms with Gasteiger partial charge in [0, 0.05) is 25.4 Å². The number of aliphatic hydroxyl groups is 1. The van der Waals surface area contributed by atoms with Crippen LogP contribution in [0.4, 0.5) is 0 Å². The number of hydrogen-bond acceptors (Lipinski definition) is 4. The Morgan fingerprint density at radius 1 is 1.82 bits per heavy atom. The Morgan fingerprint density at radius 2 is 2.47 bits per heavy atom. The van der Waals surface area contributed by atoms with Crippen LogP contribution in [0.1, 0.15) is 18.7 Å². The van der Waals surface area contributed by atoms with Crippen LogP contribution in [0.25, 0.3) is 0 Å². The number of aryl methyl sites for hydroxylation is 1. The first-order valence-corrected chi connectivity index (χ1v) is 6.87. The molecule has 0 amide bonds. The average Bonchev–Trinajstić information content (AvgIpc) is 2.61. The van der Waals surface area contributed by atoms with Crippen molar-refractivity contribution in [2.24, 2.45) is 17.8 Å². The molecule has 0 bridgehead atoms. The summed E-state index contributed by atoms with van der Waals surface area (Å²) in [6.45, 7) is 2.52. The lowest BCUT2D eigenvalue weighted by Crippen LogP contribution is -2.11. The van der Waals surface area contributed by atoms with E-state index in [-0.39, 0.29) is 0 Å². The van der Waals surface area contributed by atoms with Gasteiger partial charge in [-0.15, -0.1) is 0 Å². The molecule has 0 fully saturated rings. The van der Waals surface area contributed by atoms with Gasteiger partial charge in [0.1, 0.15) is 20.1 Å². The molecule has 0 aromatic carbocycles. The molecule has 94 valence electrons. The fourth-order valence-electron chi connectivity index (χ4n) is 1.27. The predicted octanol–water partition coefficient (Wildman–Crippen LogP) is 1.71. The van der Waals surface area contributed by atoms with Crippen LogP contribution in [-0.2, 0) is 7.05 Å². The third-order valence-corrected chi connectivity index (χ3v) is 4.18. The summed E-state index contributed by atoms with van der Waals surface area (Å²) in [6, 6.07) is 0.